The van der Waals surface area contributed by atoms with Gasteiger partial charge in [-0.15, -0.1) is 0 Å². The molecule has 0 aliphatic heterocycles. The van der Waals surface area contributed by atoms with E-state index >= 15 is 0 Å². The first kappa shape index (κ1) is 14.6. The summed E-state index contributed by atoms with van der Waals surface area (Å²) in [7, 11) is 1.83. The summed E-state index contributed by atoms with van der Waals surface area (Å²) in [5, 5.41) is 7.18. The number of aromatic nitrogens is 2. The number of nitrogens with one attached hydrogen (secondary N) is 1. The lowest BCUT2D eigenvalue weighted by molar-refractivity contribution is 0.0995. The predicted octanol–water partition coefficient (Wildman–Crippen LogP) is 2.30. The van der Waals surface area contributed by atoms with E-state index in [4.69, 9.17) is 17.3 Å². The van der Waals surface area contributed by atoms with E-state index in [1.54, 1.807) is 16.8 Å². The van der Waals surface area contributed by atoms with Crippen LogP contribution in [0.4, 0.5) is 5.69 Å². The van der Waals surface area contributed by atoms with E-state index in [1.807, 2.05) is 7.05 Å². The fourth-order valence-electron chi connectivity index (χ4n) is 2.34. The summed E-state index contributed by atoms with van der Waals surface area (Å²) in [6.45, 7) is 0. The molecule has 0 radical (unpaired) electrons. The molecule has 0 unspecified atom stereocenters. The zero-order chi connectivity index (χ0) is 15.9. The summed E-state index contributed by atoms with van der Waals surface area (Å²) in [6, 6.07) is 6.38. The Morgan fingerprint density at radius 1 is 1.36 bits per heavy atom. The number of hydrogen-bond donors (Lipinski definition) is 2. The number of amides is 2. The number of nitrogens with zero attached hydrogens (tertiary/aromatic N) is 2. The van der Waals surface area contributed by atoms with Gasteiger partial charge in [0.2, 0.25) is 5.91 Å². The minimum atomic E-state index is -0.644. The van der Waals surface area contributed by atoms with E-state index in [0.29, 0.717) is 17.3 Å². The number of rotatable bonds is 4. The van der Waals surface area contributed by atoms with E-state index in [0.717, 1.165) is 18.5 Å². The summed E-state index contributed by atoms with van der Waals surface area (Å²) in [5.74, 6) is -0.466. The van der Waals surface area contributed by atoms with Gasteiger partial charge in [-0.05, 0) is 37.1 Å². The molecule has 1 saturated carbocycles. The first-order valence-corrected chi connectivity index (χ1v) is 7.28. The smallest absolute Gasteiger partial charge is 0.276 e. The highest BCUT2D eigenvalue weighted by atomic mass is 35.5. The third kappa shape index (κ3) is 2.82. The molecular weight excluding hydrogens is 304 g/mol. The van der Waals surface area contributed by atoms with Crippen LogP contribution in [-0.2, 0) is 7.05 Å². The van der Waals surface area contributed by atoms with Crippen LogP contribution in [0.25, 0.3) is 0 Å². The number of anilines is 1. The largest absolute Gasteiger partial charge is 0.366 e. The van der Waals surface area contributed by atoms with Gasteiger partial charge in [0.05, 0.1) is 10.6 Å². The minimum absolute atomic E-state index is 0.166. The Balaban J connectivity index is 1.80. The molecule has 3 rings (SSSR count). The van der Waals surface area contributed by atoms with Crippen molar-refractivity contribution in [1.29, 1.82) is 0 Å². The highest BCUT2D eigenvalue weighted by molar-refractivity contribution is 6.34. The summed E-state index contributed by atoms with van der Waals surface area (Å²) in [4.78, 5) is 23.5. The second kappa shape index (κ2) is 5.46. The van der Waals surface area contributed by atoms with Gasteiger partial charge < -0.3 is 11.1 Å². The zero-order valence-corrected chi connectivity index (χ0v) is 12.7. The van der Waals surface area contributed by atoms with Crippen LogP contribution < -0.4 is 11.1 Å². The van der Waals surface area contributed by atoms with E-state index in [-0.39, 0.29) is 16.5 Å². The molecule has 0 saturated heterocycles. The Morgan fingerprint density at radius 2 is 2.09 bits per heavy atom. The van der Waals surface area contributed by atoms with Crippen molar-refractivity contribution >= 4 is 29.1 Å². The lowest BCUT2D eigenvalue weighted by Gasteiger charge is -2.06. The molecule has 0 atom stereocenters. The van der Waals surface area contributed by atoms with Gasteiger partial charge in [-0.25, -0.2) is 0 Å². The number of nitrogens with two attached hydrogens (primary N) is 1. The third-order valence-electron chi connectivity index (χ3n) is 3.63. The third-order valence-corrected chi connectivity index (χ3v) is 3.96. The Morgan fingerprint density at radius 3 is 2.73 bits per heavy atom. The van der Waals surface area contributed by atoms with Crippen molar-refractivity contribution in [2.24, 2.45) is 12.8 Å². The zero-order valence-electron chi connectivity index (χ0n) is 12.0. The lowest BCUT2D eigenvalue weighted by atomic mass is 10.2. The number of halogens is 1. The molecule has 1 heterocycles. The number of benzene rings is 1. The van der Waals surface area contributed by atoms with Crippen LogP contribution in [0.5, 0.6) is 0 Å². The maximum atomic E-state index is 12.3. The van der Waals surface area contributed by atoms with Crippen molar-refractivity contribution in [2.75, 3.05) is 5.32 Å². The van der Waals surface area contributed by atoms with Crippen molar-refractivity contribution in [3.63, 3.8) is 0 Å². The number of hydrogen-bond acceptors (Lipinski definition) is 3. The molecule has 1 aliphatic carbocycles. The quantitative estimate of drug-likeness (QED) is 0.906. The second-order valence-electron chi connectivity index (χ2n) is 5.37. The van der Waals surface area contributed by atoms with Gasteiger partial charge in [0.25, 0.3) is 5.91 Å². The van der Waals surface area contributed by atoms with Crippen molar-refractivity contribution in [2.45, 2.75) is 18.8 Å². The highest BCUT2D eigenvalue weighted by Crippen LogP contribution is 2.39. The standard InChI is InChI=1S/C15H15ClN4O2/c1-20-13(8-2-3-8)7-12(19-20)15(22)18-9-4-5-11(16)10(6-9)14(17)21/h4-8H,2-3H2,1H3,(H2,17,21)(H,18,22). The van der Waals surface area contributed by atoms with Gasteiger partial charge in [-0.2, -0.15) is 5.10 Å². The molecule has 3 N–H and O–H groups in total. The Labute approximate surface area is 132 Å². The van der Waals surface area contributed by atoms with Gasteiger partial charge in [-0.1, -0.05) is 11.6 Å². The first-order valence-electron chi connectivity index (χ1n) is 6.90. The van der Waals surface area contributed by atoms with Crippen molar-refractivity contribution < 1.29 is 9.59 Å². The van der Waals surface area contributed by atoms with Crippen molar-refractivity contribution in [3.8, 4) is 0 Å². The van der Waals surface area contributed by atoms with Crippen LogP contribution in [0.2, 0.25) is 5.02 Å². The first-order chi connectivity index (χ1) is 10.5. The second-order valence-corrected chi connectivity index (χ2v) is 5.77. The Kier molecular flexibility index (Phi) is 3.62. The Bertz CT molecular complexity index is 765. The SMILES string of the molecule is Cn1nc(C(=O)Nc2ccc(Cl)c(C(N)=O)c2)cc1C1CC1. The van der Waals surface area contributed by atoms with E-state index < -0.39 is 5.91 Å². The molecule has 6 nitrogen and oxygen atoms in total. The predicted molar refractivity (Wildman–Crippen MR) is 83.1 cm³/mol. The molecule has 0 bridgehead atoms. The maximum absolute atomic E-state index is 12.3. The maximum Gasteiger partial charge on any atom is 0.276 e. The molecule has 1 fully saturated rings. The number of carbonyl (C=O) groups excluding carboxylic acids is 2. The molecule has 0 spiro atoms. The van der Waals surface area contributed by atoms with Crippen LogP contribution >= 0.6 is 11.6 Å². The van der Waals surface area contributed by atoms with Crippen LogP contribution in [0.3, 0.4) is 0 Å². The van der Waals surface area contributed by atoms with E-state index in [2.05, 4.69) is 10.4 Å². The van der Waals surface area contributed by atoms with Crippen LogP contribution in [-0.4, -0.2) is 21.6 Å². The monoisotopic (exact) mass is 318 g/mol. The van der Waals surface area contributed by atoms with Gasteiger partial charge in [0.1, 0.15) is 0 Å². The number of aryl methyl sites for hydroxylation is 1. The fourth-order valence-corrected chi connectivity index (χ4v) is 2.55. The lowest BCUT2D eigenvalue weighted by Crippen LogP contribution is -2.15. The number of primary amides is 1. The summed E-state index contributed by atoms with van der Waals surface area (Å²) >= 11 is 5.88. The summed E-state index contributed by atoms with van der Waals surface area (Å²) in [6.07, 6.45) is 2.28. The van der Waals surface area contributed by atoms with Crippen molar-refractivity contribution in [3.05, 3.63) is 46.2 Å². The minimum Gasteiger partial charge on any atom is -0.366 e. The molecular formula is C15H15ClN4O2. The molecule has 22 heavy (non-hydrogen) atoms. The molecule has 1 aromatic heterocycles. The highest BCUT2D eigenvalue weighted by Gasteiger charge is 2.28. The van der Waals surface area contributed by atoms with Gasteiger partial charge >= 0.3 is 0 Å². The molecule has 2 aromatic rings. The van der Waals surface area contributed by atoms with Gasteiger partial charge in [0, 0.05) is 24.3 Å². The average Bonchev–Trinajstić information content (AvgIpc) is 3.23. The molecule has 1 aliphatic rings. The molecule has 114 valence electrons. The van der Waals surface area contributed by atoms with Crippen LogP contribution in [0.15, 0.2) is 24.3 Å². The molecule has 2 amide bonds. The Hall–Kier alpha value is -2.34. The topological polar surface area (TPSA) is 90.0 Å². The van der Waals surface area contributed by atoms with Gasteiger partial charge in [-0.3, -0.25) is 14.3 Å². The molecule has 7 heteroatoms. The summed E-state index contributed by atoms with van der Waals surface area (Å²) < 4.78 is 1.74. The normalized spacial score (nSPS) is 13.9. The summed E-state index contributed by atoms with van der Waals surface area (Å²) in [5.41, 5.74) is 7.26. The van der Waals surface area contributed by atoms with E-state index in [1.165, 1.54) is 12.1 Å². The van der Waals surface area contributed by atoms with E-state index in [9.17, 15) is 9.59 Å². The average molecular weight is 319 g/mol. The fraction of sp³-hybridized carbons (Fsp3) is 0.267. The van der Waals surface area contributed by atoms with Crippen LogP contribution in [0.1, 0.15) is 45.3 Å². The van der Waals surface area contributed by atoms with Gasteiger partial charge in [0.15, 0.2) is 5.69 Å². The molecule has 1 aromatic carbocycles. The van der Waals surface area contributed by atoms with Crippen LogP contribution in [0, 0.1) is 0 Å². The number of carbonyl (C=O) groups is 2. The van der Waals surface area contributed by atoms with Crippen molar-refractivity contribution in [1.82, 2.24) is 9.78 Å².